The van der Waals surface area contributed by atoms with E-state index in [2.05, 4.69) is 18.3 Å². The maximum atomic E-state index is 5.13. The van der Waals surface area contributed by atoms with Gasteiger partial charge in [-0.3, -0.25) is 9.85 Å². The molecule has 0 spiro atoms. The highest BCUT2D eigenvalue weighted by molar-refractivity contribution is 5.55. The number of hydrogen-bond acceptors (Lipinski definition) is 4. The number of aliphatic imine (C=N–C) groups is 1. The fraction of sp³-hybridized carbons (Fsp3) is 0.800. The third kappa shape index (κ3) is 0.516. The van der Waals surface area contributed by atoms with Crippen LogP contribution in [0.25, 0.3) is 0 Å². The highest BCUT2D eigenvalue weighted by Crippen LogP contribution is 2.26. The summed E-state index contributed by atoms with van der Waals surface area (Å²) >= 11 is 0. The Bertz CT molecular complexity index is 158. The molecule has 3 heterocycles. The molecule has 3 aliphatic rings. The SMILES string of the molecule is CC1C2N=[C]N(C)N1O2. The predicted octanol–water partition coefficient (Wildman–Crippen LogP) is -0.286. The molecule has 0 N–H and O–H groups in total. The van der Waals surface area contributed by atoms with E-state index >= 15 is 0 Å². The maximum Gasteiger partial charge on any atom is 0.192 e. The third-order valence-electron chi connectivity index (χ3n) is 1.60. The summed E-state index contributed by atoms with van der Waals surface area (Å²) in [4.78, 5) is 9.10. The minimum absolute atomic E-state index is 0.0289. The fourth-order valence-corrected chi connectivity index (χ4v) is 1.00. The largest absolute Gasteiger partial charge is 0.266 e. The van der Waals surface area contributed by atoms with Crippen molar-refractivity contribution in [1.82, 2.24) is 10.2 Å². The lowest BCUT2D eigenvalue weighted by Gasteiger charge is -2.48. The van der Waals surface area contributed by atoms with Crippen molar-refractivity contribution in [2.24, 2.45) is 4.99 Å². The zero-order chi connectivity index (χ0) is 6.43. The average Bonchev–Trinajstić information content (AvgIpc) is 1.86. The molecule has 4 nitrogen and oxygen atoms in total. The second kappa shape index (κ2) is 1.46. The molecule has 4 heteroatoms. The van der Waals surface area contributed by atoms with Crippen molar-refractivity contribution in [3.8, 4) is 0 Å². The van der Waals surface area contributed by atoms with Crippen molar-refractivity contribution in [2.75, 3.05) is 7.05 Å². The molecule has 0 aromatic carbocycles. The van der Waals surface area contributed by atoms with E-state index in [-0.39, 0.29) is 6.23 Å². The lowest BCUT2D eigenvalue weighted by atomic mass is 10.2. The molecule has 9 heavy (non-hydrogen) atoms. The van der Waals surface area contributed by atoms with E-state index in [1.54, 1.807) is 10.2 Å². The van der Waals surface area contributed by atoms with E-state index in [4.69, 9.17) is 4.84 Å². The highest BCUT2D eigenvalue weighted by atomic mass is 16.8. The van der Waals surface area contributed by atoms with Crippen molar-refractivity contribution >= 4 is 6.34 Å². The van der Waals surface area contributed by atoms with E-state index in [1.807, 2.05) is 7.05 Å². The van der Waals surface area contributed by atoms with Gasteiger partial charge in [-0.1, -0.05) is 5.17 Å². The monoisotopic (exact) mass is 126 g/mol. The van der Waals surface area contributed by atoms with E-state index in [1.165, 1.54) is 0 Å². The maximum absolute atomic E-state index is 5.13. The Balaban J connectivity index is 2.20. The van der Waals surface area contributed by atoms with Crippen molar-refractivity contribution < 1.29 is 4.84 Å². The first-order chi connectivity index (χ1) is 4.29. The number of fused-ring (bicyclic) bond motifs is 1. The molecule has 49 valence electrons. The molecule has 1 radical (unpaired) electrons. The van der Waals surface area contributed by atoms with Gasteiger partial charge in [0.1, 0.15) is 6.04 Å². The van der Waals surface area contributed by atoms with Crippen LogP contribution < -0.4 is 0 Å². The van der Waals surface area contributed by atoms with Crippen LogP contribution in [-0.2, 0) is 4.84 Å². The van der Waals surface area contributed by atoms with Crippen LogP contribution >= 0.6 is 0 Å². The Kier molecular flexibility index (Phi) is 0.841. The smallest absolute Gasteiger partial charge is 0.192 e. The molecule has 2 bridgehead atoms. The summed E-state index contributed by atoms with van der Waals surface area (Å²) in [6.45, 7) is 2.06. The molecule has 0 aliphatic carbocycles. The number of hydroxylamine groups is 1. The van der Waals surface area contributed by atoms with E-state index in [0.29, 0.717) is 6.04 Å². The van der Waals surface area contributed by atoms with Gasteiger partial charge in [0.05, 0.1) is 0 Å². The van der Waals surface area contributed by atoms with E-state index in [9.17, 15) is 0 Å². The summed E-state index contributed by atoms with van der Waals surface area (Å²) in [5, 5.41) is 3.46. The van der Waals surface area contributed by atoms with Crippen LogP contribution in [0.15, 0.2) is 4.99 Å². The van der Waals surface area contributed by atoms with Crippen LogP contribution in [0.1, 0.15) is 6.92 Å². The molecular formula is C5H8N3O. The second-order valence-corrected chi connectivity index (χ2v) is 2.29. The molecule has 0 saturated carbocycles. The average molecular weight is 126 g/mol. The molecule has 0 aromatic rings. The van der Waals surface area contributed by atoms with Gasteiger partial charge < -0.3 is 0 Å². The van der Waals surface area contributed by atoms with Gasteiger partial charge in [0, 0.05) is 7.05 Å². The normalized spacial score (nSPS) is 46.9. The van der Waals surface area contributed by atoms with Crippen LogP contribution in [0.5, 0.6) is 0 Å². The van der Waals surface area contributed by atoms with Crippen LogP contribution in [0.3, 0.4) is 0 Å². The Hall–Kier alpha value is -0.610. The molecule has 3 aliphatic heterocycles. The van der Waals surface area contributed by atoms with Crippen molar-refractivity contribution in [2.45, 2.75) is 19.2 Å². The van der Waals surface area contributed by atoms with Crippen LogP contribution in [-0.4, -0.2) is 35.8 Å². The van der Waals surface area contributed by atoms with Gasteiger partial charge in [-0.15, -0.1) is 0 Å². The van der Waals surface area contributed by atoms with Crippen molar-refractivity contribution in [3.05, 3.63) is 0 Å². The first-order valence-corrected chi connectivity index (χ1v) is 2.94. The standard InChI is InChI=1S/C5H8N3O/c1-4-5-6-3-7(2)8(4)9-5/h4-5H,1-2H3. The van der Waals surface area contributed by atoms with Gasteiger partial charge in [0.15, 0.2) is 12.6 Å². The quantitative estimate of drug-likeness (QED) is 0.446. The number of nitrogens with zero attached hydrogens (tertiary/aromatic N) is 3. The van der Waals surface area contributed by atoms with Crippen molar-refractivity contribution in [1.29, 1.82) is 0 Å². The Morgan fingerprint density at radius 1 is 1.67 bits per heavy atom. The molecule has 3 atom stereocenters. The van der Waals surface area contributed by atoms with Crippen LogP contribution in [0, 0.1) is 0 Å². The van der Waals surface area contributed by atoms with Gasteiger partial charge >= 0.3 is 0 Å². The minimum Gasteiger partial charge on any atom is -0.266 e. The zero-order valence-corrected chi connectivity index (χ0v) is 5.40. The predicted molar refractivity (Wildman–Crippen MR) is 31.4 cm³/mol. The van der Waals surface area contributed by atoms with Gasteiger partial charge in [-0.25, -0.2) is 4.99 Å². The molecular weight excluding hydrogens is 118 g/mol. The summed E-state index contributed by atoms with van der Waals surface area (Å²) in [6, 6.07) is 0.385. The fourth-order valence-electron chi connectivity index (χ4n) is 1.00. The second-order valence-electron chi connectivity index (χ2n) is 2.29. The summed E-state index contributed by atoms with van der Waals surface area (Å²) in [5.41, 5.74) is 0. The third-order valence-corrected chi connectivity index (χ3v) is 1.60. The minimum atomic E-state index is 0.0289. The number of rotatable bonds is 0. The Labute approximate surface area is 53.6 Å². The summed E-state index contributed by atoms with van der Waals surface area (Å²) in [6.07, 6.45) is 2.80. The molecule has 3 rings (SSSR count). The first-order valence-electron chi connectivity index (χ1n) is 2.94. The highest BCUT2D eigenvalue weighted by Gasteiger charge is 2.42. The van der Waals surface area contributed by atoms with Gasteiger partial charge in [-0.05, 0) is 6.92 Å². The summed E-state index contributed by atoms with van der Waals surface area (Å²) in [7, 11) is 1.86. The lowest BCUT2D eigenvalue weighted by molar-refractivity contribution is -0.405. The van der Waals surface area contributed by atoms with Gasteiger partial charge in [0.2, 0.25) is 0 Å². The van der Waals surface area contributed by atoms with E-state index < -0.39 is 0 Å². The molecule has 1 saturated heterocycles. The lowest BCUT2D eigenvalue weighted by Crippen LogP contribution is -2.64. The topological polar surface area (TPSA) is 28.1 Å². The molecule has 1 fully saturated rings. The van der Waals surface area contributed by atoms with E-state index in [0.717, 1.165) is 0 Å². The van der Waals surface area contributed by atoms with Crippen LogP contribution in [0.4, 0.5) is 0 Å². The summed E-state index contributed by atoms with van der Waals surface area (Å²) < 4.78 is 0. The summed E-state index contributed by atoms with van der Waals surface area (Å²) in [5.74, 6) is 0. The zero-order valence-electron chi connectivity index (χ0n) is 5.40. The Morgan fingerprint density at radius 2 is 2.44 bits per heavy atom. The number of hydrogen-bond donors (Lipinski definition) is 0. The molecule has 3 unspecified atom stereocenters. The number of hydrazine groups is 1. The van der Waals surface area contributed by atoms with Gasteiger partial charge in [-0.2, -0.15) is 0 Å². The first kappa shape index (κ1) is 5.20. The van der Waals surface area contributed by atoms with Gasteiger partial charge in [0.25, 0.3) is 0 Å². The Morgan fingerprint density at radius 3 is 2.78 bits per heavy atom. The van der Waals surface area contributed by atoms with Crippen molar-refractivity contribution in [3.63, 3.8) is 0 Å². The molecule has 0 aromatic heterocycles. The molecule has 0 amide bonds. The van der Waals surface area contributed by atoms with Crippen LogP contribution in [0.2, 0.25) is 0 Å².